The number of aryl methyl sites for hydroxylation is 2. The van der Waals surface area contributed by atoms with Crippen LogP contribution in [0.4, 0.5) is 4.39 Å². The highest BCUT2D eigenvalue weighted by atomic mass is 32.2. The van der Waals surface area contributed by atoms with Crippen LogP contribution in [0.2, 0.25) is 0 Å². The van der Waals surface area contributed by atoms with Crippen molar-refractivity contribution in [2.24, 2.45) is 5.73 Å². The first-order valence-electron chi connectivity index (χ1n) is 6.44. The number of halogens is 1. The van der Waals surface area contributed by atoms with Gasteiger partial charge in [-0.15, -0.1) is 0 Å². The molecule has 0 aliphatic carbocycles. The highest BCUT2D eigenvalue weighted by Gasteiger charge is 2.11. The van der Waals surface area contributed by atoms with Gasteiger partial charge < -0.3 is 5.73 Å². The van der Waals surface area contributed by atoms with Crippen molar-refractivity contribution in [1.29, 1.82) is 0 Å². The third-order valence-corrected chi connectivity index (χ3v) is 4.77. The molecule has 2 aromatic rings. The minimum atomic E-state index is -1.20. The number of nitrogens with two attached hydrogens (primary N) is 1. The summed E-state index contributed by atoms with van der Waals surface area (Å²) < 4.78 is 25.9. The molecule has 0 fully saturated rings. The number of rotatable bonds is 4. The zero-order valence-corrected chi connectivity index (χ0v) is 12.5. The summed E-state index contributed by atoms with van der Waals surface area (Å²) in [7, 11) is -1.20. The molecule has 20 heavy (non-hydrogen) atoms. The molecule has 2 N–H and O–H groups in total. The number of benzene rings is 2. The Hall–Kier alpha value is -1.52. The molecule has 2 rings (SSSR count). The number of hydrogen-bond donors (Lipinski definition) is 1. The quantitative estimate of drug-likeness (QED) is 0.940. The molecule has 2 nitrogen and oxygen atoms in total. The average molecular weight is 291 g/mol. The molecule has 2 aromatic carbocycles. The molecule has 0 spiro atoms. The van der Waals surface area contributed by atoms with Gasteiger partial charge >= 0.3 is 0 Å². The Morgan fingerprint density at radius 1 is 1.10 bits per heavy atom. The van der Waals surface area contributed by atoms with Crippen LogP contribution in [0.3, 0.4) is 0 Å². The van der Waals surface area contributed by atoms with Crippen LogP contribution in [0.5, 0.6) is 0 Å². The highest BCUT2D eigenvalue weighted by molar-refractivity contribution is 7.84. The van der Waals surface area contributed by atoms with Crippen molar-refractivity contribution in [3.8, 4) is 0 Å². The zero-order valence-electron chi connectivity index (χ0n) is 11.7. The van der Waals surface area contributed by atoms with Crippen LogP contribution in [0.1, 0.15) is 22.3 Å². The van der Waals surface area contributed by atoms with Gasteiger partial charge in [0.2, 0.25) is 0 Å². The molecule has 0 aliphatic rings. The maximum absolute atomic E-state index is 13.3. The first-order chi connectivity index (χ1) is 9.51. The molecule has 0 saturated carbocycles. The van der Waals surface area contributed by atoms with Crippen molar-refractivity contribution in [3.05, 3.63) is 64.5 Å². The molecular formula is C16H18FNOS. The Labute approximate surface area is 121 Å². The van der Waals surface area contributed by atoms with Crippen molar-refractivity contribution in [2.45, 2.75) is 31.0 Å². The molecule has 0 heterocycles. The molecular weight excluding hydrogens is 273 g/mol. The summed E-state index contributed by atoms with van der Waals surface area (Å²) in [5, 5.41) is 0. The van der Waals surface area contributed by atoms with Crippen molar-refractivity contribution in [3.63, 3.8) is 0 Å². The Bertz CT molecular complexity index is 655. The summed E-state index contributed by atoms with van der Waals surface area (Å²) in [4.78, 5) is 0.803. The van der Waals surface area contributed by atoms with E-state index < -0.39 is 10.8 Å². The maximum atomic E-state index is 13.3. The van der Waals surface area contributed by atoms with Gasteiger partial charge in [0.25, 0.3) is 0 Å². The van der Waals surface area contributed by atoms with E-state index in [0.717, 1.165) is 21.6 Å². The van der Waals surface area contributed by atoms with Gasteiger partial charge in [0.1, 0.15) is 5.82 Å². The third-order valence-electron chi connectivity index (χ3n) is 3.26. The average Bonchev–Trinajstić information content (AvgIpc) is 2.41. The van der Waals surface area contributed by atoms with E-state index >= 15 is 0 Å². The van der Waals surface area contributed by atoms with Gasteiger partial charge in [0.05, 0.1) is 16.6 Å². The molecule has 0 radical (unpaired) electrons. The van der Waals surface area contributed by atoms with Crippen LogP contribution in [-0.2, 0) is 23.1 Å². The van der Waals surface area contributed by atoms with Crippen LogP contribution in [0.15, 0.2) is 41.3 Å². The van der Waals surface area contributed by atoms with Crippen LogP contribution < -0.4 is 5.73 Å². The first-order valence-corrected chi connectivity index (χ1v) is 7.76. The minimum absolute atomic E-state index is 0.286. The SMILES string of the molecule is Cc1ccc(C)c(S(=O)Cc2cc(F)ccc2CN)c1. The predicted molar refractivity (Wildman–Crippen MR) is 80.3 cm³/mol. The predicted octanol–water partition coefficient (Wildman–Crippen LogP) is 3.21. The third kappa shape index (κ3) is 3.32. The molecule has 1 unspecified atom stereocenters. The van der Waals surface area contributed by atoms with E-state index in [-0.39, 0.29) is 11.6 Å². The summed E-state index contributed by atoms with van der Waals surface area (Å²) >= 11 is 0. The van der Waals surface area contributed by atoms with E-state index in [0.29, 0.717) is 12.1 Å². The van der Waals surface area contributed by atoms with Crippen LogP contribution in [0.25, 0.3) is 0 Å². The normalized spacial score (nSPS) is 12.4. The van der Waals surface area contributed by atoms with E-state index in [9.17, 15) is 8.60 Å². The molecule has 4 heteroatoms. The van der Waals surface area contributed by atoms with Crippen LogP contribution in [0, 0.1) is 19.7 Å². The van der Waals surface area contributed by atoms with E-state index in [2.05, 4.69) is 0 Å². The van der Waals surface area contributed by atoms with Crippen molar-refractivity contribution >= 4 is 10.8 Å². The second-order valence-corrected chi connectivity index (χ2v) is 6.30. The summed E-state index contributed by atoms with van der Waals surface area (Å²) in [6.07, 6.45) is 0. The van der Waals surface area contributed by atoms with Crippen LogP contribution in [-0.4, -0.2) is 4.21 Å². The lowest BCUT2D eigenvalue weighted by Crippen LogP contribution is -2.06. The monoisotopic (exact) mass is 291 g/mol. The van der Waals surface area contributed by atoms with E-state index in [1.54, 1.807) is 6.07 Å². The highest BCUT2D eigenvalue weighted by Crippen LogP contribution is 2.20. The molecule has 0 saturated heterocycles. The lowest BCUT2D eigenvalue weighted by molar-refractivity contribution is 0.625. The van der Waals surface area contributed by atoms with Crippen molar-refractivity contribution < 1.29 is 8.60 Å². The smallest absolute Gasteiger partial charge is 0.123 e. The van der Waals surface area contributed by atoms with Crippen molar-refractivity contribution in [1.82, 2.24) is 0 Å². The van der Waals surface area contributed by atoms with Gasteiger partial charge in [0, 0.05) is 11.4 Å². The fourth-order valence-electron chi connectivity index (χ4n) is 2.10. The first kappa shape index (κ1) is 14.9. The van der Waals surface area contributed by atoms with Gasteiger partial charge in [-0.1, -0.05) is 18.2 Å². The summed E-state index contributed by atoms with van der Waals surface area (Å²) in [5.74, 6) is -0.0376. The second-order valence-electron chi connectivity index (χ2n) is 4.88. The standard InChI is InChI=1S/C16H18FNOS/c1-11-3-4-12(2)16(7-11)20(19)10-14-8-15(17)6-5-13(14)9-18/h3-8H,9-10,18H2,1-2H3. The molecule has 0 aliphatic heterocycles. The number of hydrogen-bond acceptors (Lipinski definition) is 2. The van der Waals surface area contributed by atoms with Gasteiger partial charge in [-0.3, -0.25) is 4.21 Å². The summed E-state index contributed by atoms with van der Waals surface area (Å²) in [6, 6.07) is 10.3. The molecule has 0 amide bonds. The van der Waals surface area contributed by atoms with Gasteiger partial charge in [-0.2, -0.15) is 0 Å². The molecule has 1 atom stereocenters. The van der Waals surface area contributed by atoms with E-state index in [1.807, 2.05) is 32.0 Å². The second kappa shape index (κ2) is 6.29. The Morgan fingerprint density at radius 2 is 1.85 bits per heavy atom. The minimum Gasteiger partial charge on any atom is -0.326 e. The lowest BCUT2D eigenvalue weighted by atomic mass is 10.1. The van der Waals surface area contributed by atoms with E-state index in [1.165, 1.54) is 12.1 Å². The van der Waals surface area contributed by atoms with Crippen molar-refractivity contribution in [2.75, 3.05) is 0 Å². The maximum Gasteiger partial charge on any atom is 0.123 e. The van der Waals surface area contributed by atoms with Gasteiger partial charge in [-0.05, 0) is 54.3 Å². The molecule has 0 aromatic heterocycles. The largest absolute Gasteiger partial charge is 0.326 e. The fraction of sp³-hybridized carbons (Fsp3) is 0.250. The fourth-order valence-corrected chi connectivity index (χ4v) is 3.55. The Morgan fingerprint density at radius 3 is 2.55 bits per heavy atom. The molecule has 0 bridgehead atoms. The Kier molecular flexibility index (Phi) is 4.68. The molecule has 106 valence electrons. The van der Waals surface area contributed by atoms with Crippen LogP contribution >= 0.6 is 0 Å². The van der Waals surface area contributed by atoms with E-state index in [4.69, 9.17) is 5.73 Å². The summed E-state index contributed by atoms with van der Waals surface area (Å²) in [6.45, 7) is 4.22. The Balaban J connectivity index is 2.32. The topological polar surface area (TPSA) is 43.1 Å². The lowest BCUT2D eigenvalue weighted by Gasteiger charge is -2.10. The van der Waals surface area contributed by atoms with Gasteiger partial charge in [-0.25, -0.2) is 4.39 Å². The van der Waals surface area contributed by atoms with Gasteiger partial charge in [0.15, 0.2) is 0 Å². The summed E-state index contributed by atoms with van der Waals surface area (Å²) in [5.41, 5.74) is 9.25. The zero-order chi connectivity index (χ0) is 14.7.